The second-order valence-electron chi connectivity index (χ2n) is 4.37. The smallest absolute Gasteiger partial charge is 0.103 e. The van der Waals surface area contributed by atoms with Crippen LogP contribution in [0.1, 0.15) is 26.0 Å². The maximum atomic E-state index is 5.31. The van der Waals surface area contributed by atoms with Gasteiger partial charge in [-0.05, 0) is 39.1 Å². The lowest BCUT2D eigenvalue weighted by atomic mass is 10.1. The number of aryl methyl sites for hydroxylation is 1. The zero-order valence-corrected chi connectivity index (χ0v) is 10.7. The fourth-order valence-electron chi connectivity index (χ4n) is 1.58. The number of likely N-dealkylation sites (N-methyl/N-ethyl adjacent to an activating group) is 1. The normalized spacial score (nSPS) is 13.2. The van der Waals surface area contributed by atoms with Gasteiger partial charge in [-0.1, -0.05) is 6.92 Å². The minimum absolute atomic E-state index is 0.551. The lowest BCUT2D eigenvalue weighted by Gasteiger charge is -2.17. The number of furan rings is 1. The molecule has 0 aromatic carbocycles. The molecule has 1 unspecified atom stereocenters. The third-order valence-corrected chi connectivity index (χ3v) is 2.93. The first-order valence-corrected chi connectivity index (χ1v) is 6.16. The van der Waals surface area contributed by atoms with Gasteiger partial charge in [0.2, 0.25) is 0 Å². The SMILES string of the molecule is CCN(C)CCNC(C)CCc1ccco1. The van der Waals surface area contributed by atoms with E-state index < -0.39 is 0 Å². The molecule has 1 N–H and O–H groups in total. The molecule has 0 aliphatic heterocycles. The van der Waals surface area contributed by atoms with Crippen molar-refractivity contribution in [3.8, 4) is 0 Å². The van der Waals surface area contributed by atoms with Crippen LogP contribution in [0.4, 0.5) is 0 Å². The maximum absolute atomic E-state index is 5.31. The van der Waals surface area contributed by atoms with Gasteiger partial charge in [-0.15, -0.1) is 0 Å². The van der Waals surface area contributed by atoms with Crippen molar-refractivity contribution in [3.63, 3.8) is 0 Å². The van der Waals surface area contributed by atoms with E-state index in [-0.39, 0.29) is 0 Å². The van der Waals surface area contributed by atoms with Crippen LogP contribution in [0.3, 0.4) is 0 Å². The van der Waals surface area contributed by atoms with Crippen LogP contribution in [-0.2, 0) is 6.42 Å². The molecule has 0 aliphatic rings. The highest BCUT2D eigenvalue weighted by atomic mass is 16.3. The Morgan fingerprint density at radius 3 is 2.94 bits per heavy atom. The number of rotatable bonds is 8. The molecular weight excluding hydrogens is 200 g/mol. The van der Waals surface area contributed by atoms with Crippen molar-refractivity contribution in [2.75, 3.05) is 26.7 Å². The standard InChI is InChI=1S/C13H24N2O/c1-4-15(3)10-9-14-12(2)7-8-13-6-5-11-16-13/h5-6,11-12,14H,4,7-10H2,1-3H3. The van der Waals surface area contributed by atoms with Gasteiger partial charge in [0.25, 0.3) is 0 Å². The summed E-state index contributed by atoms with van der Waals surface area (Å²) in [7, 11) is 2.15. The van der Waals surface area contributed by atoms with Crippen molar-refractivity contribution in [2.45, 2.75) is 32.7 Å². The topological polar surface area (TPSA) is 28.4 Å². The highest BCUT2D eigenvalue weighted by Gasteiger charge is 2.03. The minimum atomic E-state index is 0.551. The van der Waals surface area contributed by atoms with E-state index in [1.807, 2.05) is 12.1 Å². The molecule has 1 rings (SSSR count). The molecule has 0 radical (unpaired) electrons. The fourth-order valence-corrected chi connectivity index (χ4v) is 1.58. The summed E-state index contributed by atoms with van der Waals surface area (Å²) in [4.78, 5) is 2.31. The molecule has 3 heteroatoms. The molecule has 0 fully saturated rings. The summed E-state index contributed by atoms with van der Waals surface area (Å²) in [6, 6.07) is 4.54. The van der Waals surface area contributed by atoms with Gasteiger partial charge in [0.05, 0.1) is 6.26 Å². The predicted octanol–water partition coefficient (Wildman–Crippen LogP) is 2.14. The van der Waals surface area contributed by atoms with E-state index in [2.05, 4.69) is 31.1 Å². The minimum Gasteiger partial charge on any atom is -0.469 e. The lowest BCUT2D eigenvalue weighted by molar-refractivity contribution is 0.338. The monoisotopic (exact) mass is 224 g/mol. The zero-order chi connectivity index (χ0) is 11.8. The summed E-state index contributed by atoms with van der Waals surface area (Å²) in [5, 5.41) is 3.53. The first-order valence-electron chi connectivity index (χ1n) is 6.16. The van der Waals surface area contributed by atoms with E-state index in [4.69, 9.17) is 4.42 Å². The predicted molar refractivity (Wildman–Crippen MR) is 67.7 cm³/mol. The Bertz CT molecular complexity index is 259. The van der Waals surface area contributed by atoms with Gasteiger partial charge < -0.3 is 14.6 Å². The summed E-state index contributed by atoms with van der Waals surface area (Å²) in [6.45, 7) is 7.70. The van der Waals surface area contributed by atoms with Crippen molar-refractivity contribution >= 4 is 0 Å². The number of hydrogen-bond acceptors (Lipinski definition) is 3. The number of hydrogen-bond donors (Lipinski definition) is 1. The van der Waals surface area contributed by atoms with Crippen LogP contribution in [0.25, 0.3) is 0 Å². The van der Waals surface area contributed by atoms with Gasteiger partial charge in [0.15, 0.2) is 0 Å². The molecule has 1 heterocycles. The molecule has 92 valence electrons. The zero-order valence-electron chi connectivity index (χ0n) is 10.7. The second-order valence-corrected chi connectivity index (χ2v) is 4.37. The molecule has 0 amide bonds. The van der Waals surface area contributed by atoms with Crippen LogP contribution in [0.15, 0.2) is 22.8 Å². The Kier molecular flexibility index (Phi) is 6.19. The van der Waals surface area contributed by atoms with Crippen LogP contribution in [0.2, 0.25) is 0 Å². The summed E-state index contributed by atoms with van der Waals surface area (Å²) in [5.41, 5.74) is 0. The first kappa shape index (κ1) is 13.3. The average molecular weight is 224 g/mol. The molecule has 3 nitrogen and oxygen atoms in total. The Labute approximate surface area is 98.8 Å². The van der Waals surface area contributed by atoms with Crippen molar-refractivity contribution in [1.29, 1.82) is 0 Å². The van der Waals surface area contributed by atoms with Gasteiger partial charge in [-0.3, -0.25) is 0 Å². The molecule has 0 spiro atoms. The van der Waals surface area contributed by atoms with E-state index in [0.29, 0.717) is 6.04 Å². The highest BCUT2D eigenvalue weighted by Crippen LogP contribution is 2.05. The van der Waals surface area contributed by atoms with Crippen molar-refractivity contribution in [2.24, 2.45) is 0 Å². The van der Waals surface area contributed by atoms with Crippen molar-refractivity contribution in [3.05, 3.63) is 24.2 Å². The van der Waals surface area contributed by atoms with Crippen LogP contribution >= 0.6 is 0 Å². The Morgan fingerprint density at radius 2 is 2.31 bits per heavy atom. The number of nitrogens with zero attached hydrogens (tertiary/aromatic N) is 1. The molecule has 1 atom stereocenters. The largest absolute Gasteiger partial charge is 0.469 e. The van der Waals surface area contributed by atoms with Gasteiger partial charge in [0.1, 0.15) is 5.76 Å². The molecular formula is C13H24N2O. The Morgan fingerprint density at radius 1 is 1.50 bits per heavy atom. The molecule has 1 aromatic rings. The van der Waals surface area contributed by atoms with E-state index in [1.54, 1.807) is 6.26 Å². The van der Waals surface area contributed by atoms with Crippen molar-refractivity contribution < 1.29 is 4.42 Å². The number of nitrogens with one attached hydrogen (secondary N) is 1. The van der Waals surface area contributed by atoms with E-state index in [9.17, 15) is 0 Å². The second kappa shape index (κ2) is 7.47. The molecule has 0 saturated carbocycles. The molecule has 16 heavy (non-hydrogen) atoms. The van der Waals surface area contributed by atoms with E-state index in [1.165, 1.54) is 0 Å². The third-order valence-electron chi connectivity index (χ3n) is 2.93. The summed E-state index contributed by atoms with van der Waals surface area (Å²) in [6.07, 6.45) is 3.89. The van der Waals surface area contributed by atoms with Gasteiger partial charge in [-0.25, -0.2) is 0 Å². The molecule has 0 bridgehead atoms. The van der Waals surface area contributed by atoms with Gasteiger partial charge in [0, 0.05) is 25.6 Å². The quantitative estimate of drug-likeness (QED) is 0.733. The van der Waals surface area contributed by atoms with Crippen LogP contribution in [-0.4, -0.2) is 37.6 Å². The van der Waals surface area contributed by atoms with Crippen LogP contribution in [0, 0.1) is 0 Å². The Hall–Kier alpha value is -0.800. The Balaban J connectivity index is 2.05. The summed E-state index contributed by atoms with van der Waals surface area (Å²) >= 11 is 0. The molecule has 0 saturated heterocycles. The van der Waals surface area contributed by atoms with Crippen molar-refractivity contribution in [1.82, 2.24) is 10.2 Å². The average Bonchev–Trinajstić information content (AvgIpc) is 2.79. The highest BCUT2D eigenvalue weighted by molar-refractivity contribution is 4.98. The molecule has 0 aliphatic carbocycles. The first-order chi connectivity index (χ1) is 7.72. The summed E-state index contributed by atoms with van der Waals surface area (Å²) < 4.78 is 5.31. The van der Waals surface area contributed by atoms with E-state index in [0.717, 1.165) is 38.2 Å². The fraction of sp³-hybridized carbons (Fsp3) is 0.692. The van der Waals surface area contributed by atoms with Gasteiger partial charge in [-0.2, -0.15) is 0 Å². The molecule has 1 aromatic heterocycles. The maximum Gasteiger partial charge on any atom is 0.103 e. The van der Waals surface area contributed by atoms with Crippen LogP contribution in [0.5, 0.6) is 0 Å². The van der Waals surface area contributed by atoms with Crippen LogP contribution < -0.4 is 5.32 Å². The van der Waals surface area contributed by atoms with E-state index >= 15 is 0 Å². The van der Waals surface area contributed by atoms with Gasteiger partial charge >= 0.3 is 0 Å². The third kappa shape index (κ3) is 5.33. The summed E-state index contributed by atoms with van der Waals surface area (Å²) in [5.74, 6) is 1.08. The lowest BCUT2D eigenvalue weighted by Crippen LogP contribution is -2.34.